The molecule has 4 nitrogen and oxygen atoms in total. The van der Waals surface area contributed by atoms with Crippen LogP contribution in [0.1, 0.15) is 0 Å². The summed E-state index contributed by atoms with van der Waals surface area (Å²) in [6, 6.07) is 20.1. The zero-order chi connectivity index (χ0) is 15.9. The van der Waals surface area contributed by atoms with E-state index in [0.717, 1.165) is 44.6 Å². The van der Waals surface area contributed by atoms with E-state index in [0.29, 0.717) is 0 Å². The Morgan fingerprint density at radius 1 is 0.750 bits per heavy atom. The van der Waals surface area contributed by atoms with Crippen LogP contribution in [0.25, 0.3) is 44.6 Å². The highest BCUT2D eigenvalue weighted by Crippen LogP contribution is 2.34. The molecule has 0 fully saturated rings. The summed E-state index contributed by atoms with van der Waals surface area (Å²) in [5, 5.41) is 0. The van der Waals surface area contributed by atoms with Crippen LogP contribution in [0.5, 0.6) is 0 Å². The number of fused-ring (bicyclic) bond motifs is 2. The number of benzene rings is 2. The van der Waals surface area contributed by atoms with Crippen molar-refractivity contribution in [1.82, 2.24) is 13.7 Å². The van der Waals surface area contributed by atoms with Gasteiger partial charge in [0.25, 0.3) is 0 Å². The molecule has 0 N–H and O–H groups in total. The number of nitrogens with zero attached hydrogens (tertiary/aromatic N) is 3. The van der Waals surface area contributed by atoms with E-state index >= 15 is 0 Å². The molecule has 2 aromatic carbocycles. The van der Waals surface area contributed by atoms with Crippen LogP contribution >= 0.6 is 11.7 Å². The van der Waals surface area contributed by atoms with Crippen LogP contribution < -0.4 is 0 Å². The lowest BCUT2D eigenvalue weighted by atomic mass is 10.1. The molecule has 0 aliphatic rings. The van der Waals surface area contributed by atoms with Gasteiger partial charge in [-0.15, -0.1) is 0 Å². The van der Waals surface area contributed by atoms with E-state index in [9.17, 15) is 0 Å². The monoisotopic (exact) mass is 329 g/mol. The molecule has 0 atom stereocenters. The molecule has 3 heterocycles. The van der Waals surface area contributed by atoms with E-state index in [1.165, 1.54) is 11.7 Å². The van der Waals surface area contributed by atoms with Gasteiger partial charge in [0.2, 0.25) is 0 Å². The van der Waals surface area contributed by atoms with Gasteiger partial charge in [-0.25, -0.2) is 0 Å². The summed E-state index contributed by atoms with van der Waals surface area (Å²) in [6.45, 7) is 0. The average Bonchev–Trinajstić information content (AvgIpc) is 3.28. The maximum absolute atomic E-state index is 6.16. The Bertz CT molecular complexity index is 1160. The van der Waals surface area contributed by atoms with Gasteiger partial charge in [0.05, 0.1) is 11.7 Å². The van der Waals surface area contributed by atoms with Crippen LogP contribution in [0.4, 0.5) is 0 Å². The Hall–Kier alpha value is -3.05. The third kappa shape index (κ3) is 2.10. The van der Waals surface area contributed by atoms with Gasteiger partial charge >= 0.3 is 0 Å². The van der Waals surface area contributed by atoms with Crippen molar-refractivity contribution >= 4 is 33.9 Å². The fourth-order valence-electron chi connectivity index (χ4n) is 2.86. The van der Waals surface area contributed by atoms with E-state index in [-0.39, 0.29) is 0 Å². The van der Waals surface area contributed by atoms with Crippen molar-refractivity contribution in [2.24, 2.45) is 0 Å². The van der Waals surface area contributed by atoms with Gasteiger partial charge in [-0.1, -0.05) is 30.3 Å². The topological polar surface area (TPSA) is 51.8 Å². The first-order chi connectivity index (χ1) is 11.9. The van der Waals surface area contributed by atoms with Crippen molar-refractivity contribution in [2.75, 3.05) is 0 Å². The van der Waals surface area contributed by atoms with Crippen molar-refractivity contribution in [1.29, 1.82) is 0 Å². The van der Waals surface area contributed by atoms with Gasteiger partial charge in [-0.2, -0.15) is 8.75 Å². The first-order valence-corrected chi connectivity index (χ1v) is 8.28. The zero-order valence-electron chi connectivity index (χ0n) is 12.5. The first kappa shape index (κ1) is 13.4. The molecular formula is C19H11N3OS. The van der Waals surface area contributed by atoms with Gasteiger partial charge < -0.3 is 4.42 Å². The standard InChI is InChI=1S/C19H11N3OS/c1-2-4-12(5-3-1)14-8-9-20-17-11-18(23-19(14)17)13-6-7-15-16(10-13)22-24-21-15/h1-11H. The van der Waals surface area contributed by atoms with Gasteiger partial charge in [0, 0.05) is 23.4 Å². The summed E-state index contributed by atoms with van der Waals surface area (Å²) >= 11 is 1.22. The summed E-state index contributed by atoms with van der Waals surface area (Å²) in [7, 11) is 0. The number of hydrogen-bond donors (Lipinski definition) is 0. The Morgan fingerprint density at radius 3 is 2.54 bits per heavy atom. The largest absolute Gasteiger partial charge is 0.454 e. The molecule has 114 valence electrons. The number of furan rings is 1. The molecule has 3 aromatic heterocycles. The number of hydrogen-bond acceptors (Lipinski definition) is 5. The highest BCUT2D eigenvalue weighted by Gasteiger charge is 2.13. The van der Waals surface area contributed by atoms with Crippen molar-refractivity contribution in [2.45, 2.75) is 0 Å². The minimum Gasteiger partial charge on any atom is -0.454 e. The number of aromatic nitrogens is 3. The third-order valence-electron chi connectivity index (χ3n) is 4.03. The lowest BCUT2D eigenvalue weighted by Crippen LogP contribution is -1.79. The fourth-order valence-corrected chi connectivity index (χ4v) is 3.38. The van der Waals surface area contributed by atoms with Crippen molar-refractivity contribution in [3.63, 3.8) is 0 Å². The van der Waals surface area contributed by atoms with Crippen LogP contribution in [0.3, 0.4) is 0 Å². The molecule has 0 unspecified atom stereocenters. The summed E-state index contributed by atoms with van der Waals surface area (Å²) in [6.07, 6.45) is 1.82. The second kappa shape index (κ2) is 5.25. The van der Waals surface area contributed by atoms with Gasteiger partial charge in [-0.05, 0) is 29.8 Å². The van der Waals surface area contributed by atoms with Crippen molar-refractivity contribution in [3.05, 3.63) is 66.9 Å². The minimum atomic E-state index is 0.788. The Labute approximate surface area is 141 Å². The molecule has 5 aromatic rings. The first-order valence-electron chi connectivity index (χ1n) is 7.55. The predicted octanol–water partition coefficient (Wildman–Crippen LogP) is 5.17. The average molecular weight is 329 g/mol. The molecule has 5 heteroatoms. The quantitative estimate of drug-likeness (QED) is 0.448. The second-order valence-corrected chi connectivity index (χ2v) is 6.05. The van der Waals surface area contributed by atoms with E-state index in [2.05, 4.69) is 25.9 Å². The Balaban J connectivity index is 1.71. The van der Waals surface area contributed by atoms with Gasteiger partial charge in [0.1, 0.15) is 22.3 Å². The normalized spacial score (nSPS) is 11.3. The lowest BCUT2D eigenvalue weighted by molar-refractivity contribution is 0.632. The molecule has 0 saturated carbocycles. The third-order valence-corrected chi connectivity index (χ3v) is 4.59. The molecule has 0 saturated heterocycles. The molecule has 0 aliphatic carbocycles. The summed E-state index contributed by atoms with van der Waals surface area (Å²) in [4.78, 5) is 4.45. The SMILES string of the molecule is c1ccc(-c2ccnc3cc(-c4ccc5nsnc5c4)oc23)cc1. The molecule has 0 amide bonds. The van der Waals surface area contributed by atoms with Crippen molar-refractivity contribution in [3.8, 4) is 22.5 Å². The highest BCUT2D eigenvalue weighted by molar-refractivity contribution is 7.00. The molecule has 0 bridgehead atoms. The maximum Gasteiger partial charge on any atom is 0.161 e. The fraction of sp³-hybridized carbons (Fsp3) is 0. The van der Waals surface area contributed by atoms with E-state index < -0.39 is 0 Å². The molecule has 24 heavy (non-hydrogen) atoms. The van der Waals surface area contributed by atoms with Gasteiger partial charge in [-0.3, -0.25) is 4.98 Å². The van der Waals surface area contributed by atoms with E-state index in [1.54, 1.807) is 0 Å². The Morgan fingerprint density at radius 2 is 1.62 bits per heavy atom. The van der Waals surface area contributed by atoms with Crippen LogP contribution in [0.2, 0.25) is 0 Å². The number of rotatable bonds is 2. The predicted molar refractivity (Wildman–Crippen MR) is 95.9 cm³/mol. The molecule has 0 aliphatic heterocycles. The smallest absolute Gasteiger partial charge is 0.161 e. The summed E-state index contributed by atoms with van der Waals surface area (Å²) in [5.41, 5.74) is 6.58. The highest BCUT2D eigenvalue weighted by atomic mass is 32.1. The molecule has 5 rings (SSSR count). The van der Waals surface area contributed by atoms with E-state index in [1.807, 2.05) is 54.7 Å². The minimum absolute atomic E-state index is 0.788. The second-order valence-electron chi connectivity index (χ2n) is 5.52. The maximum atomic E-state index is 6.16. The van der Waals surface area contributed by atoms with Gasteiger partial charge in [0.15, 0.2) is 5.58 Å². The molecule has 0 radical (unpaired) electrons. The van der Waals surface area contributed by atoms with Crippen LogP contribution in [-0.2, 0) is 0 Å². The summed E-state index contributed by atoms with van der Waals surface area (Å²) < 4.78 is 14.7. The van der Waals surface area contributed by atoms with Crippen LogP contribution in [-0.4, -0.2) is 13.7 Å². The van der Waals surface area contributed by atoms with E-state index in [4.69, 9.17) is 4.42 Å². The summed E-state index contributed by atoms with van der Waals surface area (Å²) in [5.74, 6) is 0.788. The van der Waals surface area contributed by atoms with Crippen LogP contribution in [0.15, 0.2) is 71.3 Å². The molecular weight excluding hydrogens is 318 g/mol. The molecule has 0 spiro atoms. The van der Waals surface area contributed by atoms with Crippen molar-refractivity contribution < 1.29 is 4.42 Å². The Kier molecular flexibility index (Phi) is 2.93. The lowest BCUT2D eigenvalue weighted by Gasteiger charge is -2.01. The number of pyridine rings is 1. The van der Waals surface area contributed by atoms with Crippen LogP contribution in [0, 0.1) is 0 Å². The zero-order valence-corrected chi connectivity index (χ0v) is 13.3.